The summed E-state index contributed by atoms with van der Waals surface area (Å²) in [5, 5.41) is 8.96. The van der Waals surface area contributed by atoms with E-state index in [9.17, 15) is 4.79 Å². The van der Waals surface area contributed by atoms with E-state index in [2.05, 4.69) is 91.5 Å². The van der Waals surface area contributed by atoms with Crippen LogP contribution in [0.4, 0.5) is 5.13 Å². The highest BCUT2D eigenvalue weighted by Gasteiger charge is 2.43. The molecule has 8 heteroatoms. The molecule has 2 aliphatic rings. The number of nitrogens with zero attached hydrogens (tertiary/aromatic N) is 3. The standard InChI is InChI=1S/C32H23Br2N3O2S/c33-23-12-8-19(9-13-23)16-22-5-3-6-25-29(22)36-37(30(25)20-10-14-24(34)15-11-20)32-35-18-28(40-32)26-17-21-4-1-2-7-27(21)39-31(26)38/h1-2,4,7-18,25,30H,3,5-6H2/b22-16+/t25-,30+/m0/s1. The van der Waals surface area contributed by atoms with E-state index < -0.39 is 0 Å². The molecule has 1 saturated carbocycles. The summed E-state index contributed by atoms with van der Waals surface area (Å²) in [6, 6.07) is 26.4. The van der Waals surface area contributed by atoms with Crippen molar-refractivity contribution < 1.29 is 4.42 Å². The lowest BCUT2D eigenvalue weighted by Gasteiger charge is -2.29. The van der Waals surface area contributed by atoms with Gasteiger partial charge in [-0.2, -0.15) is 5.10 Å². The lowest BCUT2D eigenvalue weighted by atomic mass is 9.77. The summed E-state index contributed by atoms with van der Waals surface area (Å²) in [7, 11) is 0. The van der Waals surface area contributed by atoms with Gasteiger partial charge in [-0.25, -0.2) is 14.8 Å². The topological polar surface area (TPSA) is 58.7 Å². The lowest BCUT2D eigenvalue weighted by Crippen LogP contribution is -2.28. The monoisotopic (exact) mass is 671 g/mol. The molecule has 3 aromatic carbocycles. The van der Waals surface area contributed by atoms with Gasteiger partial charge in [0.25, 0.3) is 0 Å². The van der Waals surface area contributed by atoms with Gasteiger partial charge in [-0.15, -0.1) is 0 Å². The molecule has 0 unspecified atom stereocenters. The lowest BCUT2D eigenvalue weighted by molar-refractivity contribution is 0.487. The molecule has 0 amide bonds. The Hall–Kier alpha value is -3.33. The van der Waals surface area contributed by atoms with E-state index in [1.807, 2.05) is 30.3 Å². The van der Waals surface area contributed by atoms with E-state index in [0.29, 0.717) is 11.1 Å². The number of rotatable bonds is 4. The Morgan fingerprint density at radius 1 is 0.975 bits per heavy atom. The molecule has 7 rings (SSSR count). The van der Waals surface area contributed by atoms with E-state index >= 15 is 0 Å². The first-order valence-corrected chi connectivity index (χ1v) is 15.5. The summed E-state index contributed by atoms with van der Waals surface area (Å²) in [6.07, 6.45) is 7.19. The first kappa shape index (κ1) is 25.6. The van der Waals surface area contributed by atoms with Crippen molar-refractivity contribution in [2.45, 2.75) is 25.3 Å². The van der Waals surface area contributed by atoms with Crippen LogP contribution in [0.3, 0.4) is 0 Å². The Labute approximate surface area is 252 Å². The van der Waals surface area contributed by atoms with Gasteiger partial charge in [0.05, 0.1) is 22.2 Å². The predicted octanol–water partition coefficient (Wildman–Crippen LogP) is 9.24. The number of benzene rings is 3. The number of fused-ring (bicyclic) bond motifs is 2. The summed E-state index contributed by atoms with van der Waals surface area (Å²) >= 11 is 8.60. The molecule has 0 bridgehead atoms. The minimum absolute atomic E-state index is 0.0173. The molecule has 5 aromatic rings. The number of aromatic nitrogens is 1. The molecule has 0 spiro atoms. The Bertz CT molecular complexity index is 1840. The van der Waals surface area contributed by atoms with Crippen molar-refractivity contribution >= 4 is 71.1 Å². The van der Waals surface area contributed by atoms with Gasteiger partial charge >= 0.3 is 5.63 Å². The molecular formula is C32H23Br2N3O2S. The average Bonchev–Trinajstić information content (AvgIpc) is 3.60. The maximum atomic E-state index is 12.9. The first-order valence-electron chi connectivity index (χ1n) is 13.1. The highest BCUT2D eigenvalue weighted by Crippen LogP contribution is 2.47. The Kier molecular flexibility index (Phi) is 6.78. The number of hydrogen-bond donors (Lipinski definition) is 0. The number of halogens is 2. The van der Waals surface area contributed by atoms with Gasteiger partial charge in [-0.1, -0.05) is 85.7 Å². The second-order valence-corrected chi connectivity index (χ2v) is 12.9. The van der Waals surface area contributed by atoms with Crippen LogP contribution in [0.2, 0.25) is 0 Å². The van der Waals surface area contributed by atoms with Crippen molar-refractivity contribution in [3.63, 3.8) is 0 Å². The molecule has 1 aliphatic heterocycles. The molecule has 0 radical (unpaired) electrons. The highest BCUT2D eigenvalue weighted by molar-refractivity contribution is 9.10. The second-order valence-electron chi connectivity index (χ2n) is 10.0. The van der Waals surface area contributed by atoms with Crippen LogP contribution in [-0.2, 0) is 0 Å². The van der Waals surface area contributed by atoms with E-state index in [4.69, 9.17) is 14.5 Å². The van der Waals surface area contributed by atoms with Crippen LogP contribution in [0, 0.1) is 5.92 Å². The van der Waals surface area contributed by atoms with Crippen LogP contribution < -0.4 is 10.6 Å². The van der Waals surface area contributed by atoms with Gasteiger partial charge in [0.2, 0.25) is 5.13 Å². The number of hydrazone groups is 1. The number of thiazole rings is 1. The fraction of sp³-hybridized carbons (Fsp3) is 0.156. The molecule has 198 valence electrons. The van der Waals surface area contributed by atoms with Crippen molar-refractivity contribution in [1.82, 2.24) is 4.98 Å². The number of para-hydroxylation sites is 1. The zero-order chi connectivity index (χ0) is 27.2. The van der Waals surface area contributed by atoms with Crippen LogP contribution >= 0.6 is 43.2 Å². The Balaban J connectivity index is 1.31. The van der Waals surface area contributed by atoms with E-state index in [1.165, 1.54) is 28.0 Å². The fourth-order valence-corrected chi connectivity index (χ4v) is 7.08. The van der Waals surface area contributed by atoms with Crippen LogP contribution in [0.5, 0.6) is 0 Å². The molecule has 0 saturated heterocycles. The minimum Gasteiger partial charge on any atom is -0.422 e. The van der Waals surface area contributed by atoms with Gasteiger partial charge in [0.15, 0.2) is 0 Å². The maximum Gasteiger partial charge on any atom is 0.345 e. The van der Waals surface area contributed by atoms with E-state index in [-0.39, 0.29) is 17.6 Å². The summed E-state index contributed by atoms with van der Waals surface area (Å²) < 4.78 is 7.71. The molecule has 1 aliphatic carbocycles. The van der Waals surface area contributed by atoms with Gasteiger partial charge in [-0.3, -0.25) is 0 Å². The zero-order valence-electron chi connectivity index (χ0n) is 21.3. The second kappa shape index (κ2) is 10.6. The van der Waals surface area contributed by atoms with Crippen LogP contribution in [0.1, 0.15) is 36.4 Å². The quantitative estimate of drug-likeness (QED) is 0.179. The third-order valence-electron chi connectivity index (χ3n) is 7.52. The summed E-state index contributed by atoms with van der Waals surface area (Å²) in [5.41, 5.74) is 5.50. The smallest absolute Gasteiger partial charge is 0.345 e. The predicted molar refractivity (Wildman–Crippen MR) is 170 cm³/mol. The van der Waals surface area contributed by atoms with E-state index in [0.717, 1.165) is 49.3 Å². The van der Waals surface area contributed by atoms with Crippen LogP contribution in [-0.4, -0.2) is 10.7 Å². The number of hydrogen-bond acceptors (Lipinski definition) is 6. The average molecular weight is 673 g/mol. The molecule has 2 aromatic heterocycles. The number of anilines is 1. The summed E-state index contributed by atoms with van der Waals surface area (Å²) in [4.78, 5) is 18.4. The van der Waals surface area contributed by atoms with Gasteiger partial charge in [0, 0.05) is 26.4 Å². The van der Waals surface area contributed by atoms with Gasteiger partial charge in [-0.05, 0) is 78.4 Å². The fourth-order valence-electron chi connectivity index (χ4n) is 5.64. The van der Waals surface area contributed by atoms with Crippen molar-refractivity contribution in [2.75, 3.05) is 5.01 Å². The van der Waals surface area contributed by atoms with Crippen molar-refractivity contribution in [2.24, 2.45) is 11.0 Å². The molecule has 40 heavy (non-hydrogen) atoms. The molecule has 1 fully saturated rings. The maximum absolute atomic E-state index is 12.9. The third-order valence-corrected chi connectivity index (χ3v) is 9.60. The van der Waals surface area contributed by atoms with E-state index in [1.54, 1.807) is 6.20 Å². The van der Waals surface area contributed by atoms with Crippen molar-refractivity contribution in [3.05, 3.63) is 121 Å². The molecule has 5 nitrogen and oxygen atoms in total. The largest absolute Gasteiger partial charge is 0.422 e. The van der Waals surface area contributed by atoms with Crippen molar-refractivity contribution in [1.29, 1.82) is 0 Å². The third kappa shape index (κ3) is 4.78. The summed E-state index contributed by atoms with van der Waals surface area (Å²) in [5.74, 6) is 0.245. The highest BCUT2D eigenvalue weighted by atomic mass is 79.9. The van der Waals surface area contributed by atoms with Crippen LogP contribution in [0.15, 0.2) is 114 Å². The normalized spacial score (nSPS) is 19.7. The van der Waals surface area contributed by atoms with Crippen LogP contribution in [0.25, 0.3) is 27.5 Å². The van der Waals surface area contributed by atoms with Gasteiger partial charge in [0.1, 0.15) is 5.58 Å². The Morgan fingerprint density at radius 2 is 1.73 bits per heavy atom. The Morgan fingerprint density at radius 3 is 2.52 bits per heavy atom. The molecule has 3 heterocycles. The van der Waals surface area contributed by atoms with Gasteiger partial charge < -0.3 is 4.42 Å². The number of allylic oxidation sites excluding steroid dienone is 1. The van der Waals surface area contributed by atoms with Crippen molar-refractivity contribution in [3.8, 4) is 10.4 Å². The first-order chi connectivity index (χ1) is 19.5. The summed E-state index contributed by atoms with van der Waals surface area (Å²) in [6.45, 7) is 0. The molecule has 2 atom stereocenters. The SMILES string of the molecule is O=c1oc2ccccc2cc1-c1cnc(N2N=C3/C(=C/c4ccc(Br)cc4)CCC[C@@H]3[C@H]2c2ccc(Br)cc2)s1. The molecule has 0 N–H and O–H groups in total. The molecular weight excluding hydrogens is 650 g/mol. The zero-order valence-corrected chi connectivity index (χ0v) is 25.2. The minimum atomic E-state index is -0.362.